The van der Waals surface area contributed by atoms with Crippen molar-refractivity contribution in [1.29, 1.82) is 0 Å². The summed E-state index contributed by atoms with van der Waals surface area (Å²) in [5.74, 6) is -1.77. The van der Waals surface area contributed by atoms with E-state index in [4.69, 9.17) is 5.11 Å². The number of nitrogens with one attached hydrogen (secondary N) is 1. The molecule has 0 radical (unpaired) electrons. The SMILES string of the molecule is CC1CN(C(=O)CNC(=O)c2ccc(C(C)(C)C)cc2)CCC1C(=O)O. The van der Waals surface area contributed by atoms with Crippen LogP contribution in [-0.4, -0.2) is 47.4 Å². The van der Waals surface area contributed by atoms with Gasteiger partial charge in [0.05, 0.1) is 12.5 Å². The van der Waals surface area contributed by atoms with E-state index in [0.29, 0.717) is 25.1 Å². The molecule has 142 valence electrons. The van der Waals surface area contributed by atoms with Gasteiger partial charge in [-0.2, -0.15) is 0 Å². The number of carboxylic acids is 1. The number of carbonyl (C=O) groups is 3. The Morgan fingerprint density at radius 3 is 2.31 bits per heavy atom. The Morgan fingerprint density at radius 1 is 1.19 bits per heavy atom. The lowest BCUT2D eigenvalue weighted by Crippen LogP contribution is -2.48. The second kappa shape index (κ2) is 7.89. The van der Waals surface area contributed by atoms with Gasteiger partial charge >= 0.3 is 5.97 Å². The summed E-state index contributed by atoms with van der Waals surface area (Å²) in [5, 5.41) is 11.8. The van der Waals surface area contributed by atoms with Crippen LogP contribution in [0.5, 0.6) is 0 Å². The quantitative estimate of drug-likeness (QED) is 0.862. The largest absolute Gasteiger partial charge is 0.481 e. The topological polar surface area (TPSA) is 86.7 Å². The second-order valence-electron chi connectivity index (χ2n) is 8.06. The van der Waals surface area contributed by atoms with Crippen LogP contribution in [0.2, 0.25) is 0 Å². The Kier molecular flexibility index (Phi) is 6.05. The van der Waals surface area contributed by atoms with Crippen molar-refractivity contribution in [2.24, 2.45) is 11.8 Å². The molecule has 1 saturated heterocycles. The minimum atomic E-state index is -0.809. The lowest BCUT2D eigenvalue weighted by molar-refractivity contribution is -0.148. The van der Waals surface area contributed by atoms with Gasteiger partial charge in [-0.1, -0.05) is 39.8 Å². The second-order valence-corrected chi connectivity index (χ2v) is 8.06. The molecule has 2 rings (SSSR count). The average Bonchev–Trinajstić information content (AvgIpc) is 2.58. The molecule has 2 unspecified atom stereocenters. The molecule has 0 aliphatic carbocycles. The molecule has 1 fully saturated rings. The fraction of sp³-hybridized carbons (Fsp3) is 0.550. The van der Waals surface area contributed by atoms with Gasteiger partial charge in [0.15, 0.2) is 0 Å². The van der Waals surface area contributed by atoms with Crippen LogP contribution in [0.15, 0.2) is 24.3 Å². The molecule has 0 aromatic heterocycles. The molecule has 1 aromatic rings. The Morgan fingerprint density at radius 2 is 1.81 bits per heavy atom. The molecule has 1 aliphatic heterocycles. The number of piperidine rings is 1. The molecule has 1 aliphatic rings. The molecule has 0 saturated carbocycles. The van der Waals surface area contributed by atoms with Crippen molar-refractivity contribution < 1.29 is 19.5 Å². The fourth-order valence-electron chi connectivity index (χ4n) is 3.23. The Labute approximate surface area is 154 Å². The number of hydrogen-bond donors (Lipinski definition) is 2. The van der Waals surface area contributed by atoms with E-state index < -0.39 is 11.9 Å². The monoisotopic (exact) mass is 360 g/mol. The predicted molar refractivity (Wildman–Crippen MR) is 99.0 cm³/mol. The van der Waals surface area contributed by atoms with Crippen LogP contribution in [0.25, 0.3) is 0 Å². The van der Waals surface area contributed by atoms with Crippen LogP contribution in [0.3, 0.4) is 0 Å². The molecule has 6 nitrogen and oxygen atoms in total. The number of carbonyl (C=O) groups excluding carboxylic acids is 2. The lowest BCUT2D eigenvalue weighted by Gasteiger charge is -2.35. The van der Waals surface area contributed by atoms with Crippen molar-refractivity contribution in [1.82, 2.24) is 10.2 Å². The molecular weight excluding hydrogens is 332 g/mol. The Hall–Kier alpha value is -2.37. The maximum Gasteiger partial charge on any atom is 0.306 e. The molecular formula is C20H28N2O4. The molecule has 0 spiro atoms. The summed E-state index contributed by atoms with van der Waals surface area (Å²) in [6, 6.07) is 7.38. The molecule has 0 bridgehead atoms. The molecule has 2 atom stereocenters. The summed E-state index contributed by atoms with van der Waals surface area (Å²) in [6.45, 7) is 8.90. The molecule has 2 N–H and O–H groups in total. The van der Waals surface area contributed by atoms with Gasteiger partial charge in [0.1, 0.15) is 0 Å². The Bertz CT molecular complexity index is 676. The maximum absolute atomic E-state index is 12.3. The predicted octanol–water partition coefficient (Wildman–Crippen LogP) is 2.28. The molecule has 1 aromatic carbocycles. The van der Waals surface area contributed by atoms with Crippen molar-refractivity contribution in [2.75, 3.05) is 19.6 Å². The normalized spacial score (nSPS) is 20.5. The van der Waals surface area contributed by atoms with E-state index in [1.54, 1.807) is 17.0 Å². The third-order valence-electron chi connectivity index (χ3n) is 4.99. The van der Waals surface area contributed by atoms with Gasteiger partial charge in [-0.3, -0.25) is 14.4 Å². The van der Waals surface area contributed by atoms with Gasteiger partial charge in [-0.05, 0) is 35.4 Å². The number of carboxylic acid groups (broad SMARTS) is 1. The first kappa shape index (κ1) is 19.9. The number of rotatable bonds is 4. The van der Waals surface area contributed by atoms with Crippen molar-refractivity contribution in [2.45, 2.75) is 39.5 Å². The molecule has 2 amide bonds. The fourth-order valence-corrected chi connectivity index (χ4v) is 3.23. The maximum atomic E-state index is 12.3. The smallest absolute Gasteiger partial charge is 0.306 e. The number of hydrogen-bond acceptors (Lipinski definition) is 3. The highest BCUT2D eigenvalue weighted by molar-refractivity contribution is 5.96. The highest BCUT2D eigenvalue weighted by Gasteiger charge is 2.32. The van der Waals surface area contributed by atoms with Gasteiger partial charge in [0.25, 0.3) is 5.91 Å². The first-order valence-electron chi connectivity index (χ1n) is 8.99. The first-order chi connectivity index (χ1) is 12.1. The van der Waals surface area contributed by atoms with E-state index in [0.717, 1.165) is 5.56 Å². The summed E-state index contributed by atoms with van der Waals surface area (Å²) in [6.07, 6.45) is 0.449. The van der Waals surface area contributed by atoms with E-state index in [1.807, 2.05) is 19.1 Å². The van der Waals surface area contributed by atoms with Gasteiger partial charge < -0.3 is 15.3 Å². The number of likely N-dealkylation sites (tertiary alicyclic amines) is 1. The van der Waals surface area contributed by atoms with Crippen molar-refractivity contribution in [3.8, 4) is 0 Å². The summed E-state index contributed by atoms with van der Waals surface area (Å²) < 4.78 is 0. The standard InChI is InChI=1S/C20H28N2O4/c1-13-12-22(10-9-16(13)19(25)26)17(23)11-21-18(24)14-5-7-15(8-6-14)20(2,3)4/h5-8,13,16H,9-12H2,1-4H3,(H,21,24)(H,25,26). The summed E-state index contributed by atoms with van der Waals surface area (Å²) >= 11 is 0. The molecule has 6 heteroatoms. The van der Waals surface area contributed by atoms with Gasteiger partial charge in [0.2, 0.25) is 5.91 Å². The van der Waals surface area contributed by atoms with Crippen LogP contribution in [0, 0.1) is 11.8 Å². The third kappa shape index (κ3) is 4.84. The highest BCUT2D eigenvalue weighted by atomic mass is 16.4. The van der Waals surface area contributed by atoms with Gasteiger partial charge in [-0.15, -0.1) is 0 Å². The van der Waals surface area contributed by atoms with Crippen LogP contribution < -0.4 is 5.32 Å². The van der Waals surface area contributed by atoms with E-state index in [2.05, 4.69) is 26.1 Å². The van der Waals surface area contributed by atoms with Crippen molar-refractivity contribution in [3.05, 3.63) is 35.4 Å². The van der Waals surface area contributed by atoms with Crippen molar-refractivity contribution >= 4 is 17.8 Å². The first-order valence-corrected chi connectivity index (χ1v) is 8.99. The zero-order chi connectivity index (χ0) is 19.5. The van der Waals surface area contributed by atoms with E-state index in [-0.39, 0.29) is 29.7 Å². The summed E-state index contributed by atoms with van der Waals surface area (Å²) in [7, 11) is 0. The van der Waals surface area contributed by atoms with Crippen LogP contribution in [-0.2, 0) is 15.0 Å². The lowest BCUT2D eigenvalue weighted by atomic mass is 9.86. The zero-order valence-electron chi connectivity index (χ0n) is 15.9. The molecule has 26 heavy (non-hydrogen) atoms. The molecule has 1 heterocycles. The zero-order valence-corrected chi connectivity index (χ0v) is 15.9. The Balaban J connectivity index is 1.87. The minimum Gasteiger partial charge on any atom is -0.481 e. The summed E-state index contributed by atoms with van der Waals surface area (Å²) in [5.41, 5.74) is 1.67. The van der Waals surface area contributed by atoms with Crippen molar-refractivity contribution in [3.63, 3.8) is 0 Å². The van der Waals surface area contributed by atoms with Crippen LogP contribution >= 0.6 is 0 Å². The average molecular weight is 360 g/mol. The number of benzene rings is 1. The van der Waals surface area contributed by atoms with Gasteiger partial charge in [0, 0.05) is 18.7 Å². The highest BCUT2D eigenvalue weighted by Crippen LogP contribution is 2.24. The van der Waals surface area contributed by atoms with Crippen LogP contribution in [0.4, 0.5) is 0 Å². The minimum absolute atomic E-state index is 0.0176. The number of nitrogens with zero attached hydrogens (tertiary/aromatic N) is 1. The number of amides is 2. The van der Waals surface area contributed by atoms with Gasteiger partial charge in [-0.25, -0.2) is 0 Å². The summed E-state index contributed by atoms with van der Waals surface area (Å²) in [4.78, 5) is 37.3. The van der Waals surface area contributed by atoms with E-state index >= 15 is 0 Å². The van der Waals surface area contributed by atoms with E-state index in [9.17, 15) is 14.4 Å². The van der Waals surface area contributed by atoms with Crippen LogP contribution in [0.1, 0.15) is 50.0 Å². The number of aliphatic carboxylic acids is 1. The van der Waals surface area contributed by atoms with E-state index in [1.165, 1.54) is 0 Å². The third-order valence-corrected chi connectivity index (χ3v) is 4.99.